The molecule has 0 radical (unpaired) electrons. The number of hydrogen-bond acceptors (Lipinski definition) is 3. The molecule has 7 heteroatoms. The lowest BCUT2D eigenvalue weighted by molar-refractivity contribution is -0.123. The predicted molar refractivity (Wildman–Crippen MR) is 103 cm³/mol. The highest BCUT2D eigenvalue weighted by Crippen LogP contribution is 2.35. The molecule has 4 nitrogen and oxygen atoms in total. The van der Waals surface area contributed by atoms with E-state index in [2.05, 4.69) is 0 Å². The zero-order valence-electron chi connectivity index (χ0n) is 14.8. The highest BCUT2D eigenvalue weighted by Gasteiger charge is 2.36. The van der Waals surface area contributed by atoms with E-state index in [4.69, 9.17) is 11.6 Å². The van der Waals surface area contributed by atoms with Crippen LogP contribution in [0, 0.1) is 19.7 Å². The molecule has 1 saturated heterocycles. The van der Waals surface area contributed by atoms with Crippen LogP contribution in [0.3, 0.4) is 0 Å². The van der Waals surface area contributed by atoms with Gasteiger partial charge in [-0.15, -0.1) is 0 Å². The van der Waals surface area contributed by atoms with Gasteiger partial charge in [-0.1, -0.05) is 11.6 Å². The lowest BCUT2D eigenvalue weighted by atomic mass is 10.2. The maximum atomic E-state index is 13.4. The molecule has 0 bridgehead atoms. The number of nitrogens with zero attached hydrogens (tertiary/aromatic N) is 2. The van der Waals surface area contributed by atoms with Crippen molar-refractivity contribution in [3.63, 3.8) is 0 Å². The van der Waals surface area contributed by atoms with Crippen LogP contribution in [0.25, 0.3) is 11.8 Å². The number of imide groups is 1. The van der Waals surface area contributed by atoms with E-state index in [9.17, 15) is 14.0 Å². The largest absolute Gasteiger partial charge is 0.318 e. The SMILES string of the molecule is Cc1cc(/C=C2\SC(=O)N(C(C)C)C2=O)c(C)n1-c1ccc(F)c(Cl)c1. The molecule has 1 fully saturated rings. The van der Waals surface area contributed by atoms with Gasteiger partial charge in [0.1, 0.15) is 5.82 Å². The number of aromatic nitrogens is 1. The minimum absolute atomic E-state index is 0.0506. The van der Waals surface area contributed by atoms with Gasteiger partial charge in [0.2, 0.25) is 0 Å². The Hall–Kier alpha value is -2.05. The molecule has 1 aromatic heterocycles. The second-order valence-electron chi connectivity index (χ2n) is 6.41. The minimum Gasteiger partial charge on any atom is -0.318 e. The molecule has 26 heavy (non-hydrogen) atoms. The van der Waals surface area contributed by atoms with Gasteiger partial charge in [0.25, 0.3) is 11.1 Å². The van der Waals surface area contributed by atoms with Gasteiger partial charge >= 0.3 is 0 Å². The molecular formula is C19H18ClFN2O2S. The maximum Gasteiger partial charge on any atom is 0.293 e. The zero-order chi connectivity index (χ0) is 19.2. The van der Waals surface area contributed by atoms with Gasteiger partial charge in [-0.25, -0.2) is 4.39 Å². The summed E-state index contributed by atoms with van der Waals surface area (Å²) in [4.78, 5) is 26.2. The number of halogens is 2. The maximum absolute atomic E-state index is 13.4. The van der Waals surface area contributed by atoms with E-state index in [0.717, 1.165) is 34.4 Å². The van der Waals surface area contributed by atoms with Crippen LogP contribution in [-0.4, -0.2) is 26.7 Å². The summed E-state index contributed by atoms with van der Waals surface area (Å²) in [5, 5.41) is -0.204. The average Bonchev–Trinajstić information content (AvgIpc) is 2.99. The first-order chi connectivity index (χ1) is 12.2. The molecule has 0 spiro atoms. The summed E-state index contributed by atoms with van der Waals surface area (Å²) in [5.41, 5.74) is 3.36. The second kappa shape index (κ2) is 6.93. The number of amides is 2. The third kappa shape index (κ3) is 3.19. The molecule has 136 valence electrons. The molecule has 0 N–H and O–H groups in total. The van der Waals surface area contributed by atoms with Crippen LogP contribution in [0.5, 0.6) is 0 Å². The normalized spacial score (nSPS) is 16.4. The van der Waals surface area contributed by atoms with Crippen LogP contribution in [-0.2, 0) is 4.79 Å². The van der Waals surface area contributed by atoms with Crippen molar-refractivity contribution in [2.24, 2.45) is 0 Å². The molecule has 1 aromatic carbocycles. The van der Waals surface area contributed by atoms with Gasteiger partial charge in [-0.05, 0) is 75.4 Å². The van der Waals surface area contributed by atoms with E-state index >= 15 is 0 Å². The number of rotatable bonds is 3. The van der Waals surface area contributed by atoms with Crippen molar-refractivity contribution < 1.29 is 14.0 Å². The van der Waals surface area contributed by atoms with Gasteiger partial charge < -0.3 is 4.57 Å². The first-order valence-electron chi connectivity index (χ1n) is 8.12. The fourth-order valence-electron chi connectivity index (χ4n) is 3.02. The summed E-state index contributed by atoms with van der Waals surface area (Å²) in [6.07, 6.45) is 1.73. The van der Waals surface area contributed by atoms with E-state index in [0.29, 0.717) is 4.91 Å². The minimum atomic E-state index is -0.472. The Balaban J connectivity index is 2.02. The number of carbonyl (C=O) groups is 2. The van der Waals surface area contributed by atoms with Crippen molar-refractivity contribution in [3.05, 3.63) is 57.0 Å². The average molecular weight is 393 g/mol. The van der Waals surface area contributed by atoms with E-state index < -0.39 is 5.82 Å². The standard InChI is InChI=1S/C19H18ClFN2O2S/c1-10(2)22-18(24)17(26-19(22)25)8-13-7-11(3)23(12(13)4)14-5-6-16(21)15(20)9-14/h5-10H,1-4H3/b17-8-. The highest BCUT2D eigenvalue weighted by molar-refractivity contribution is 8.18. The van der Waals surface area contributed by atoms with Gasteiger partial charge in [-0.2, -0.15) is 0 Å². The molecule has 2 amide bonds. The topological polar surface area (TPSA) is 42.3 Å². The first-order valence-corrected chi connectivity index (χ1v) is 9.31. The highest BCUT2D eigenvalue weighted by atomic mass is 35.5. The van der Waals surface area contributed by atoms with Crippen LogP contribution in [0.1, 0.15) is 30.8 Å². The van der Waals surface area contributed by atoms with Crippen molar-refractivity contribution in [2.45, 2.75) is 33.7 Å². The summed E-state index contributed by atoms with van der Waals surface area (Å²) in [7, 11) is 0. The molecule has 1 aliphatic heterocycles. The molecule has 0 atom stereocenters. The summed E-state index contributed by atoms with van der Waals surface area (Å²) >= 11 is 6.85. The molecule has 0 saturated carbocycles. The quantitative estimate of drug-likeness (QED) is 0.663. The molecule has 0 aliphatic carbocycles. The molecule has 1 aliphatic rings. The molecule has 2 aromatic rings. The Morgan fingerprint density at radius 3 is 2.46 bits per heavy atom. The Bertz CT molecular complexity index is 949. The van der Waals surface area contributed by atoms with Gasteiger partial charge in [0.05, 0.1) is 9.93 Å². The first kappa shape index (κ1) is 18.7. The number of thioether (sulfide) groups is 1. The van der Waals surface area contributed by atoms with Crippen molar-refractivity contribution in [2.75, 3.05) is 0 Å². The fraction of sp³-hybridized carbons (Fsp3) is 0.263. The van der Waals surface area contributed by atoms with Gasteiger partial charge in [-0.3, -0.25) is 14.5 Å². The summed E-state index contributed by atoms with van der Waals surface area (Å²) < 4.78 is 15.4. The fourth-order valence-corrected chi connectivity index (χ4v) is 4.15. The van der Waals surface area contributed by atoms with Gasteiger partial charge in [0.15, 0.2) is 0 Å². The zero-order valence-corrected chi connectivity index (χ0v) is 16.4. The Morgan fingerprint density at radius 2 is 1.88 bits per heavy atom. The van der Waals surface area contributed by atoms with E-state index in [1.54, 1.807) is 18.2 Å². The molecular weight excluding hydrogens is 375 g/mol. The van der Waals surface area contributed by atoms with Crippen molar-refractivity contribution in [3.8, 4) is 5.69 Å². The predicted octanol–water partition coefficient (Wildman–Crippen LogP) is 5.33. The van der Waals surface area contributed by atoms with Crippen LogP contribution >= 0.6 is 23.4 Å². The van der Waals surface area contributed by atoms with E-state index in [-0.39, 0.29) is 22.2 Å². The summed E-state index contributed by atoms with van der Waals surface area (Å²) in [6.45, 7) is 7.44. The summed E-state index contributed by atoms with van der Waals surface area (Å²) in [6, 6.07) is 6.28. The van der Waals surface area contributed by atoms with Crippen LogP contribution in [0.2, 0.25) is 5.02 Å². The Labute approximate surface area is 160 Å². The van der Waals surface area contributed by atoms with E-state index in [1.807, 2.05) is 38.3 Å². The lowest BCUT2D eigenvalue weighted by Gasteiger charge is -2.16. The number of carbonyl (C=O) groups excluding carboxylic acids is 2. The lowest BCUT2D eigenvalue weighted by Crippen LogP contribution is -2.34. The molecule has 2 heterocycles. The smallest absolute Gasteiger partial charge is 0.293 e. The van der Waals surface area contributed by atoms with Crippen LogP contribution in [0.15, 0.2) is 29.2 Å². The number of aryl methyl sites for hydroxylation is 1. The molecule has 0 unspecified atom stereocenters. The van der Waals surface area contributed by atoms with Crippen LogP contribution < -0.4 is 0 Å². The van der Waals surface area contributed by atoms with Crippen LogP contribution in [0.4, 0.5) is 9.18 Å². The number of hydrogen-bond donors (Lipinski definition) is 0. The second-order valence-corrected chi connectivity index (χ2v) is 7.81. The Kier molecular flexibility index (Phi) is 4.99. The van der Waals surface area contributed by atoms with Crippen molar-refractivity contribution >= 4 is 40.6 Å². The Morgan fingerprint density at radius 1 is 1.19 bits per heavy atom. The van der Waals surface area contributed by atoms with E-state index in [1.165, 1.54) is 11.0 Å². The van der Waals surface area contributed by atoms with Crippen molar-refractivity contribution in [1.29, 1.82) is 0 Å². The third-order valence-electron chi connectivity index (χ3n) is 4.26. The third-order valence-corrected chi connectivity index (χ3v) is 5.43. The van der Waals surface area contributed by atoms with Gasteiger partial charge in [0, 0.05) is 23.1 Å². The summed E-state index contributed by atoms with van der Waals surface area (Å²) in [5.74, 6) is -0.745. The van der Waals surface area contributed by atoms with Crippen molar-refractivity contribution in [1.82, 2.24) is 9.47 Å². The monoisotopic (exact) mass is 392 g/mol. The number of benzene rings is 1. The molecule has 3 rings (SSSR count).